The predicted molar refractivity (Wildman–Crippen MR) is 74.1 cm³/mol. The van der Waals surface area contributed by atoms with Crippen molar-refractivity contribution in [3.8, 4) is 11.5 Å². The molecule has 0 heterocycles. The smallest absolute Gasteiger partial charge is 0.339 e. The van der Waals surface area contributed by atoms with Crippen LogP contribution in [0.15, 0.2) is 36.4 Å². The molecule has 0 saturated carbocycles. The van der Waals surface area contributed by atoms with Gasteiger partial charge in [0, 0.05) is 0 Å². The molecule has 0 radical (unpaired) electrons. The predicted octanol–water partition coefficient (Wildman–Crippen LogP) is 4.10. The molecular formula is C16H16O3. The summed E-state index contributed by atoms with van der Waals surface area (Å²) in [6.07, 6.45) is 0. The van der Waals surface area contributed by atoms with Crippen LogP contribution in [0.1, 0.15) is 27.0 Å². The number of benzene rings is 2. The summed E-state index contributed by atoms with van der Waals surface area (Å²) in [6, 6.07) is 10.8. The van der Waals surface area contributed by atoms with Crippen molar-refractivity contribution in [1.82, 2.24) is 0 Å². The van der Waals surface area contributed by atoms with E-state index in [2.05, 4.69) is 0 Å². The molecule has 0 fully saturated rings. The minimum absolute atomic E-state index is 0.179. The van der Waals surface area contributed by atoms with E-state index in [9.17, 15) is 9.90 Å². The molecule has 19 heavy (non-hydrogen) atoms. The van der Waals surface area contributed by atoms with E-state index in [1.165, 1.54) is 5.56 Å². The first-order valence-corrected chi connectivity index (χ1v) is 6.07. The molecule has 3 heteroatoms. The fourth-order valence-electron chi connectivity index (χ4n) is 1.85. The van der Waals surface area contributed by atoms with E-state index < -0.39 is 5.97 Å². The fraction of sp³-hybridized carbons (Fsp3) is 0.188. The third kappa shape index (κ3) is 2.76. The number of carboxylic acids is 1. The van der Waals surface area contributed by atoms with Crippen molar-refractivity contribution in [1.29, 1.82) is 0 Å². The van der Waals surface area contributed by atoms with Gasteiger partial charge in [-0.05, 0) is 55.7 Å². The fourth-order valence-corrected chi connectivity index (χ4v) is 1.85. The molecule has 0 aromatic heterocycles. The first-order valence-electron chi connectivity index (χ1n) is 6.07. The van der Waals surface area contributed by atoms with Crippen molar-refractivity contribution in [2.24, 2.45) is 0 Å². The maximum absolute atomic E-state index is 11.2. The van der Waals surface area contributed by atoms with E-state index in [1.54, 1.807) is 12.1 Å². The Kier molecular flexibility index (Phi) is 3.56. The Balaban J connectivity index is 2.42. The molecule has 0 amide bonds. The van der Waals surface area contributed by atoms with Crippen molar-refractivity contribution >= 4 is 5.97 Å². The monoisotopic (exact) mass is 256 g/mol. The third-order valence-electron chi connectivity index (χ3n) is 3.14. The minimum atomic E-state index is -0.984. The van der Waals surface area contributed by atoms with Crippen LogP contribution in [0.3, 0.4) is 0 Å². The summed E-state index contributed by atoms with van der Waals surface area (Å²) in [5, 5.41) is 9.19. The number of aromatic carboxylic acids is 1. The van der Waals surface area contributed by atoms with Crippen molar-refractivity contribution < 1.29 is 14.6 Å². The number of para-hydroxylation sites is 1. The Hall–Kier alpha value is -2.29. The highest BCUT2D eigenvalue weighted by Gasteiger charge is 2.14. The summed E-state index contributed by atoms with van der Waals surface area (Å²) >= 11 is 0. The molecule has 0 atom stereocenters. The van der Waals surface area contributed by atoms with Crippen LogP contribution >= 0.6 is 0 Å². The number of ether oxygens (including phenoxy) is 1. The van der Waals surface area contributed by atoms with E-state index >= 15 is 0 Å². The van der Waals surface area contributed by atoms with Crippen LogP contribution in [0.5, 0.6) is 11.5 Å². The van der Waals surface area contributed by atoms with Gasteiger partial charge < -0.3 is 9.84 Å². The lowest BCUT2D eigenvalue weighted by Gasteiger charge is -2.12. The Labute approximate surface area is 112 Å². The van der Waals surface area contributed by atoms with Gasteiger partial charge in [-0.2, -0.15) is 0 Å². The topological polar surface area (TPSA) is 46.5 Å². The van der Waals surface area contributed by atoms with Gasteiger partial charge in [-0.3, -0.25) is 0 Å². The number of rotatable bonds is 3. The Morgan fingerprint density at radius 2 is 1.74 bits per heavy atom. The average molecular weight is 256 g/mol. The summed E-state index contributed by atoms with van der Waals surface area (Å²) in [5.74, 6) is 0.0701. The lowest BCUT2D eigenvalue weighted by molar-refractivity contribution is 0.0694. The van der Waals surface area contributed by atoms with Gasteiger partial charge in [-0.15, -0.1) is 0 Å². The van der Waals surface area contributed by atoms with E-state index in [-0.39, 0.29) is 5.56 Å². The Bertz CT molecular complexity index is 630. The number of carboxylic acid groups (broad SMARTS) is 1. The van der Waals surface area contributed by atoms with E-state index in [1.807, 2.05) is 45.0 Å². The van der Waals surface area contributed by atoms with Crippen LogP contribution < -0.4 is 4.74 Å². The largest absolute Gasteiger partial charge is 0.478 e. The van der Waals surface area contributed by atoms with Crippen molar-refractivity contribution in [3.63, 3.8) is 0 Å². The second-order valence-electron chi connectivity index (χ2n) is 4.60. The first-order chi connectivity index (χ1) is 8.99. The van der Waals surface area contributed by atoms with Gasteiger partial charge in [0.05, 0.1) is 0 Å². The Morgan fingerprint density at radius 1 is 1.00 bits per heavy atom. The maximum atomic E-state index is 11.2. The third-order valence-corrected chi connectivity index (χ3v) is 3.14. The molecule has 3 nitrogen and oxygen atoms in total. The first kappa shape index (κ1) is 13.1. The highest BCUT2D eigenvalue weighted by Crippen LogP contribution is 2.30. The number of aryl methyl sites for hydroxylation is 3. The molecule has 0 aliphatic heterocycles. The van der Waals surface area contributed by atoms with E-state index in [4.69, 9.17) is 4.74 Å². The van der Waals surface area contributed by atoms with Crippen molar-refractivity contribution in [3.05, 3.63) is 58.7 Å². The number of carbonyl (C=O) groups is 1. The lowest BCUT2D eigenvalue weighted by atomic mass is 10.1. The molecule has 0 aliphatic rings. The number of hydrogen-bond acceptors (Lipinski definition) is 2. The highest BCUT2D eigenvalue weighted by molar-refractivity contribution is 5.91. The van der Waals surface area contributed by atoms with Crippen LogP contribution in [0.25, 0.3) is 0 Å². The summed E-state index contributed by atoms with van der Waals surface area (Å²) < 4.78 is 5.76. The van der Waals surface area contributed by atoms with E-state index in [0.29, 0.717) is 11.5 Å². The van der Waals surface area contributed by atoms with Crippen LogP contribution in [-0.4, -0.2) is 11.1 Å². The zero-order valence-electron chi connectivity index (χ0n) is 11.2. The molecule has 2 aromatic rings. The quantitative estimate of drug-likeness (QED) is 0.899. The SMILES string of the molecule is Cc1ccc(Oc2c(C)cccc2C(=O)O)cc1C. The summed E-state index contributed by atoms with van der Waals surface area (Å²) in [6.45, 7) is 5.86. The van der Waals surface area contributed by atoms with Gasteiger partial charge in [0.15, 0.2) is 0 Å². The van der Waals surface area contributed by atoms with Gasteiger partial charge in [0.1, 0.15) is 17.1 Å². The zero-order chi connectivity index (χ0) is 14.0. The second-order valence-corrected chi connectivity index (χ2v) is 4.60. The Morgan fingerprint density at radius 3 is 2.37 bits per heavy atom. The van der Waals surface area contributed by atoms with Crippen LogP contribution in [0, 0.1) is 20.8 Å². The van der Waals surface area contributed by atoms with Crippen molar-refractivity contribution in [2.45, 2.75) is 20.8 Å². The molecule has 0 bridgehead atoms. The van der Waals surface area contributed by atoms with Gasteiger partial charge in [0.2, 0.25) is 0 Å². The molecule has 0 unspecified atom stereocenters. The molecule has 2 aromatic carbocycles. The molecule has 0 saturated heterocycles. The van der Waals surface area contributed by atoms with Gasteiger partial charge in [0.25, 0.3) is 0 Å². The normalized spacial score (nSPS) is 10.3. The zero-order valence-corrected chi connectivity index (χ0v) is 11.2. The summed E-state index contributed by atoms with van der Waals surface area (Å²) in [5.41, 5.74) is 3.27. The minimum Gasteiger partial charge on any atom is -0.478 e. The second kappa shape index (κ2) is 5.14. The molecule has 0 spiro atoms. The highest BCUT2D eigenvalue weighted by atomic mass is 16.5. The molecular weight excluding hydrogens is 240 g/mol. The van der Waals surface area contributed by atoms with E-state index in [0.717, 1.165) is 11.1 Å². The number of hydrogen-bond donors (Lipinski definition) is 1. The molecule has 0 aliphatic carbocycles. The maximum Gasteiger partial charge on any atom is 0.339 e. The summed E-state index contributed by atoms with van der Waals surface area (Å²) in [4.78, 5) is 11.2. The standard InChI is InChI=1S/C16H16O3/c1-10-7-8-13(9-12(10)3)19-15-11(2)5-4-6-14(15)16(17)18/h4-9H,1-3H3,(H,17,18). The molecule has 98 valence electrons. The van der Waals surface area contributed by atoms with Crippen LogP contribution in [-0.2, 0) is 0 Å². The van der Waals surface area contributed by atoms with Crippen molar-refractivity contribution in [2.75, 3.05) is 0 Å². The van der Waals surface area contributed by atoms with Crippen LogP contribution in [0.4, 0.5) is 0 Å². The molecule has 2 rings (SSSR count). The molecule has 1 N–H and O–H groups in total. The van der Waals surface area contributed by atoms with Gasteiger partial charge >= 0.3 is 5.97 Å². The van der Waals surface area contributed by atoms with Gasteiger partial charge in [-0.1, -0.05) is 18.2 Å². The average Bonchev–Trinajstić information content (AvgIpc) is 2.36. The summed E-state index contributed by atoms with van der Waals surface area (Å²) in [7, 11) is 0. The van der Waals surface area contributed by atoms with Crippen LogP contribution in [0.2, 0.25) is 0 Å². The van der Waals surface area contributed by atoms with Gasteiger partial charge in [-0.25, -0.2) is 4.79 Å². The lowest BCUT2D eigenvalue weighted by Crippen LogP contribution is -2.01.